The Hall–Kier alpha value is -2.81. The van der Waals surface area contributed by atoms with Gasteiger partial charge in [-0.15, -0.1) is 0 Å². The van der Waals surface area contributed by atoms with Crippen molar-refractivity contribution in [2.75, 3.05) is 5.32 Å². The summed E-state index contributed by atoms with van der Waals surface area (Å²) in [6.07, 6.45) is -4.55. The highest BCUT2D eigenvalue weighted by Crippen LogP contribution is 2.32. The highest BCUT2D eigenvalue weighted by molar-refractivity contribution is 8.15. The summed E-state index contributed by atoms with van der Waals surface area (Å²) < 4.78 is 38.3. The van der Waals surface area contributed by atoms with Gasteiger partial charge in [0.15, 0.2) is 5.17 Å². The molecule has 0 bridgehead atoms. The smallest absolute Gasteiger partial charge is 0.326 e. The number of alkyl halides is 3. The summed E-state index contributed by atoms with van der Waals surface area (Å²) in [6.45, 7) is 1.93. The maximum atomic E-state index is 12.8. The zero-order chi connectivity index (χ0) is 20.3. The molecular weight excluding hydrogens is 391 g/mol. The number of rotatable bonds is 4. The van der Waals surface area contributed by atoms with Crippen LogP contribution in [0.4, 0.5) is 24.5 Å². The Labute approximate surface area is 163 Å². The van der Waals surface area contributed by atoms with Gasteiger partial charge in [0, 0.05) is 12.1 Å². The minimum Gasteiger partial charge on any atom is -0.326 e. The first-order valence-corrected chi connectivity index (χ1v) is 9.19. The van der Waals surface area contributed by atoms with E-state index in [1.165, 1.54) is 12.1 Å². The highest BCUT2D eigenvalue weighted by atomic mass is 32.2. The second-order valence-electron chi connectivity index (χ2n) is 6.18. The third kappa shape index (κ3) is 5.13. The van der Waals surface area contributed by atoms with E-state index in [0.717, 1.165) is 29.5 Å². The maximum Gasteiger partial charge on any atom is 0.416 e. The van der Waals surface area contributed by atoms with Gasteiger partial charge in [0.05, 0.1) is 11.3 Å². The van der Waals surface area contributed by atoms with E-state index in [9.17, 15) is 22.8 Å². The van der Waals surface area contributed by atoms with Crippen LogP contribution in [0.3, 0.4) is 0 Å². The average molecular weight is 407 g/mol. The van der Waals surface area contributed by atoms with Crippen molar-refractivity contribution in [3.05, 3.63) is 59.7 Å². The minimum atomic E-state index is -4.47. The average Bonchev–Trinajstić information content (AvgIpc) is 2.95. The van der Waals surface area contributed by atoms with Crippen LogP contribution in [-0.2, 0) is 15.8 Å². The molecule has 0 radical (unpaired) electrons. The second-order valence-corrected chi connectivity index (χ2v) is 7.37. The fourth-order valence-corrected chi connectivity index (χ4v) is 3.47. The van der Waals surface area contributed by atoms with Crippen LogP contribution < -0.4 is 10.6 Å². The van der Waals surface area contributed by atoms with Gasteiger partial charge in [-0.3, -0.25) is 9.59 Å². The molecule has 1 fully saturated rings. The van der Waals surface area contributed by atoms with Crippen molar-refractivity contribution in [3.63, 3.8) is 0 Å². The lowest BCUT2D eigenvalue weighted by Gasteiger charge is -2.07. The Balaban J connectivity index is 1.64. The lowest BCUT2D eigenvalue weighted by molar-refractivity contribution is -0.137. The molecule has 2 aromatic rings. The van der Waals surface area contributed by atoms with E-state index in [2.05, 4.69) is 15.6 Å². The van der Waals surface area contributed by atoms with Crippen LogP contribution in [0.5, 0.6) is 0 Å². The van der Waals surface area contributed by atoms with E-state index in [1.807, 2.05) is 19.1 Å². The normalized spacial score (nSPS) is 18.2. The first kappa shape index (κ1) is 19.9. The Morgan fingerprint density at radius 1 is 1.21 bits per heavy atom. The number of carbonyl (C=O) groups is 2. The molecule has 1 unspecified atom stereocenters. The number of amidine groups is 1. The summed E-state index contributed by atoms with van der Waals surface area (Å²) in [6, 6.07) is 11.7. The molecule has 2 amide bonds. The molecule has 0 aliphatic carbocycles. The van der Waals surface area contributed by atoms with Crippen LogP contribution in [0.1, 0.15) is 17.5 Å². The van der Waals surface area contributed by atoms with Crippen molar-refractivity contribution in [1.82, 2.24) is 5.32 Å². The van der Waals surface area contributed by atoms with Crippen LogP contribution in [0, 0.1) is 6.92 Å². The molecule has 2 N–H and O–H groups in total. The van der Waals surface area contributed by atoms with Gasteiger partial charge >= 0.3 is 6.18 Å². The maximum absolute atomic E-state index is 12.8. The predicted molar refractivity (Wildman–Crippen MR) is 102 cm³/mol. The third-order valence-corrected chi connectivity index (χ3v) is 4.97. The molecule has 146 valence electrons. The minimum absolute atomic E-state index is 0.0716. The van der Waals surface area contributed by atoms with Gasteiger partial charge in [-0.1, -0.05) is 35.5 Å². The summed E-state index contributed by atoms with van der Waals surface area (Å²) in [5.74, 6) is -0.744. The lowest BCUT2D eigenvalue weighted by atomic mass is 10.2. The number of thioether (sulfide) groups is 1. The van der Waals surface area contributed by atoms with Crippen LogP contribution in [0.2, 0.25) is 0 Å². The molecule has 1 atom stereocenters. The third-order valence-electron chi connectivity index (χ3n) is 3.89. The molecule has 1 aliphatic heterocycles. The van der Waals surface area contributed by atoms with Crippen molar-refractivity contribution in [2.24, 2.45) is 4.99 Å². The summed E-state index contributed by atoms with van der Waals surface area (Å²) in [5.41, 5.74) is 0.927. The number of hydrogen-bond donors (Lipinski definition) is 2. The molecule has 2 aromatic carbocycles. The fourth-order valence-electron chi connectivity index (χ4n) is 2.48. The molecule has 0 spiro atoms. The molecule has 1 heterocycles. The number of benzene rings is 2. The molecule has 3 rings (SSSR count). The number of aliphatic imine (C=N–C) groups is 1. The number of halogens is 3. The quantitative estimate of drug-likeness (QED) is 0.796. The standard InChI is InChI=1S/C19H16F3N3O2S/c1-11-5-7-13(8-6-11)23-16(26)10-15-17(27)25-18(28-15)24-14-4-2-3-12(9-14)19(20,21)22/h2-9,15H,10H2,1H3,(H,23,26)(H,24,25,27). The van der Waals surface area contributed by atoms with Crippen LogP contribution >= 0.6 is 11.8 Å². The van der Waals surface area contributed by atoms with Gasteiger partial charge in [0.25, 0.3) is 0 Å². The number of anilines is 1. The van der Waals surface area contributed by atoms with E-state index in [4.69, 9.17) is 0 Å². The summed E-state index contributed by atoms with van der Waals surface area (Å²) in [4.78, 5) is 28.3. The predicted octanol–water partition coefficient (Wildman–Crippen LogP) is 4.26. The number of amides is 2. The summed E-state index contributed by atoms with van der Waals surface area (Å²) >= 11 is 1.02. The molecular formula is C19H16F3N3O2S. The number of hydrogen-bond acceptors (Lipinski definition) is 4. The number of nitrogens with zero attached hydrogens (tertiary/aromatic N) is 1. The molecule has 5 nitrogen and oxygen atoms in total. The van der Waals surface area contributed by atoms with E-state index in [-0.39, 0.29) is 23.2 Å². The van der Waals surface area contributed by atoms with Gasteiger partial charge in [-0.25, -0.2) is 4.99 Å². The van der Waals surface area contributed by atoms with Crippen molar-refractivity contribution >= 4 is 40.1 Å². The molecule has 1 saturated heterocycles. The summed E-state index contributed by atoms with van der Waals surface area (Å²) in [7, 11) is 0. The van der Waals surface area contributed by atoms with Crippen LogP contribution in [0.25, 0.3) is 0 Å². The lowest BCUT2D eigenvalue weighted by Crippen LogP contribution is -2.28. The highest BCUT2D eigenvalue weighted by Gasteiger charge is 2.33. The van der Waals surface area contributed by atoms with Crippen LogP contribution in [0.15, 0.2) is 53.5 Å². The number of aryl methyl sites for hydroxylation is 1. The zero-order valence-corrected chi connectivity index (χ0v) is 15.5. The van der Waals surface area contributed by atoms with Gasteiger partial charge in [-0.2, -0.15) is 13.2 Å². The molecule has 1 aliphatic rings. The van der Waals surface area contributed by atoms with Crippen molar-refractivity contribution < 1.29 is 22.8 Å². The van der Waals surface area contributed by atoms with E-state index in [0.29, 0.717) is 5.69 Å². The number of nitrogens with one attached hydrogen (secondary N) is 2. The number of carbonyl (C=O) groups excluding carboxylic acids is 2. The first-order valence-electron chi connectivity index (χ1n) is 8.31. The van der Waals surface area contributed by atoms with E-state index < -0.39 is 22.9 Å². The SMILES string of the molecule is Cc1ccc(NC(=O)CC2SC(=Nc3cccc(C(F)(F)F)c3)NC2=O)cc1. The van der Waals surface area contributed by atoms with Gasteiger partial charge in [0.2, 0.25) is 11.8 Å². The van der Waals surface area contributed by atoms with E-state index in [1.54, 1.807) is 12.1 Å². The van der Waals surface area contributed by atoms with Crippen LogP contribution in [-0.4, -0.2) is 22.2 Å². The van der Waals surface area contributed by atoms with E-state index >= 15 is 0 Å². The van der Waals surface area contributed by atoms with Gasteiger partial charge in [-0.05, 0) is 37.3 Å². The molecule has 28 heavy (non-hydrogen) atoms. The topological polar surface area (TPSA) is 70.6 Å². The molecule has 0 aromatic heterocycles. The largest absolute Gasteiger partial charge is 0.416 e. The van der Waals surface area contributed by atoms with Gasteiger partial charge < -0.3 is 10.6 Å². The first-order chi connectivity index (χ1) is 13.2. The van der Waals surface area contributed by atoms with Crippen molar-refractivity contribution in [2.45, 2.75) is 24.8 Å². The van der Waals surface area contributed by atoms with Gasteiger partial charge in [0.1, 0.15) is 5.25 Å². The Bertz CT molecular complexity index is 927. The molecule has 9 heteroatoms. The Kier molecular flexibility index (Phi) is 5.73. The Morgan fingerprint density at radius 3 is 2.61 bits per heavy atom. The van der Waals surface area contributed by atoms with Crippen molar-refractivity contribution in [3.8, 4) is 0 Å². The summed E-state index contributed by atoms with van der Waals surface area (Å²) in [5, 5.41) is 4.67. The Morgan fingerprint density at radius 2 is 1.93 bits per heavy atom. The zero-order valence-electron chi connectivity index (χ0n) is 14.7. The fraction of sp³-hybridized carbons (Fsp3) is 0.211. The second kappa shape index (κ2) is 8.05. The van der Waals surface area contributed by atoms with Crippen molar-refractivity contribution in [1.29, 1.82) is 0 Å². The molecule has 0 saturated carbocycles. The monoisotopic (exact) mass is 407 g/mol.